The van der Waals surface area contributed by atoms with Crippen LogP contribution in [-0.4, -0.2) is 38.1 Å². The zero-order valence-electron chi connectivity index (χ0n) is 15.5. The van der Waals surface area contributed by atoms with E-state index >= 15 is 0 Å². The molecule has 0 radical (unpaired) electrons. The van der Waals surface area contributed by atoms with Gasteiger partial charge in [0.1, 0.15) is 6.04 Å². The summed E-state index contributed by atoms with van der Waals surface area (Å²) < 4.78 is 16.5. The highest BCUT2D eigenvalue weighted by molar-refractivity contribution is 5.92. The van der Waals surface area contributed by atoms with Crippen LogP contribution in [0.2, 0.25) is 0 Å². The van der Waals surface area contributed by atoms with Crippen molar-refractivity contribution in [2.45, 2.75) is 25.3 Å². The summed E-state index contributed by atoms with van der Waals surface area (Å²) in [6.07, 6.45) is 4.32. The number of rotatable bonds is 4. The largest absolute Gasteiger partial charge is 0.490 e. The summed E-state index contributed by atoms with van der Waals surface area (Å²) in [7, 11) is 0. The number of ether oxygens (including phenoxy) is 2. The summed E-state index contributed by atoms with van der Waals surface area (Å²) in [5.41, 5.74) is 5.99. The molecule has 3 N–H and O–H groups in total. The first-order valence-corrected chi connectivity index (χ1v) is 9.57. The molecule has 1 aromatic carbocycles. The molecule has 2 amide bonds. The molecule has 4 rings (SSSR count). The molecule has 2 aliphatic rings. The molecule has 1 fully saturated rings. The van der Waals surface area contributed by atoms with Crippen LogP contribution in [0, 0.1) is 0 Å². The number of likely N-dealkylation sites (tertiary alicyclic amines) is 1. The summed E-state index contributed by atoms with van der Waals surface area (Å²) in [5, 5.41) is 0. The third-order valence-electron chi connectivity index (χ3n) is 5.11. The Kier molecular flexibility index (Phi) is 5.48. The molecule has 2 aliphatic heterocycles. The van der Waals surface area contributed by atoms with Gasteiger partial charge in [0.05, 0.1) is 26.0 Å². The van der Waals surface area contributed by atoms with Crippen molar-refractivity contribution >= 4 is 11.8 Å². The zero-order valence-corrected chi connectivity index (χ0v) is 15.5. The van der Waals surface area contributed by atoms with E-state index in [1.54, 1.807) is 6.07 Å². The molecule has 3 heterocycles. The number of fused-ring (bicyclic) bond motifs is 1. The van der Waals surface area contributed by atoms with Crippen LogP contribution in [0.1, 0.15) is 41.4 Å². The molecule has 2 aromatic rings. The molecule has 8 nitrogen and oxygen atoms in total. The van der Waals surface area contributed by atoms with Gasteiger partial charge in [-0.1, -0.05) is 0 Å². The number of benzene rings is 1. The Balaban J connectivity index is 1.36. The molecule has 8 heteroatoms. The van der Waals surface area contributed by atoms with Gasteiger partial charge in [-0.25, -0.2) is 0 Å². The lowest BCUT2D eigenvalue weighted by molar-refractivity contribution is -0.910. The fourth-order valence-corrected chi connectivity index (χ4v) is 3.77. The minimum absolute atomic E-state index is 0.152. The number of carbonyl (C=O) groups excluding carboxylic acids is 2. The Morgan fingerprint density at radius 1 is 1.07 bits per heavy atom. The number of hydrogen-bond acceptors (Lipinski definition) is 5. The van der Waals surface area contributed by atoms with Crippen molar-refractivity contribution in [2.24, 2.45) is 0 Å². The van der Waals surface area contributed by atoms with Crippen LogP contribution in [0.5, 0.6) is 11.5 Å². The Morgan fingerprint density at radius 3 is 2.75 bits per heavy atom. The maximum Gasteiger partial charge on any atom is 0.305 e. The fraction of sp³-hybridized carbons (Fsp3) is 0.400. The Hall–Kier alpha value is -3.00. The molecular formula is C20H24N3O5+. The van der Waals surface area contributed by atoms with Gasteiger partial charge in [0.25, 0.3) is 5.91 Å². The van der Waals surface area contributed by atoms with Gasteiger partial charge >= 0.3 is 5.91 Å². The first-order chi connectivity index (χ1) is 13.7. The average Bonchev–Trinajstić information content (AvgIpc) is 3.34. The van der Waals surface area contributed by atoms with Crippen LogP contribution in [0.15, 0.2) is 41.0 Å². The average molecular weight is 386 g/mol. The van der Waals surface area contributed by atoms with E-state index in [2.05, 4.69) is 16.9 Å². The van der Waals surface area contributed by atoms with E-state index in [1.165, 1.54) is 17.2 Å². The zero-order chi connectivity index (χ0) is 19.3. The van der Waals surface area contributed by atoms with Crippen LogP contribution in [0.4, 0.5) is 0 Å². The van der Waals surface area contributed by atoms with Crippen molar-refractivity contribution in [1.82, 2.24) is 10.9 Å². The van der Waals surface area contributed by atoms with E-state index in [0.29, 0.717) is 13.2 Å². The lowest BCUT2D eigenvalue weighted by Gasteiger charge is -2.22. The normalized spacial score (nSPS) is 21.0. The first kappa shape index (κ1) is 18.4. The predicted octanol–water partition coefficient (Wildman–Crippen LogP) is 0.622. The first-order valence-electron chi connectivity index (χ1n) is 9.57. The van der Waals surface area contributed by atoms with Gasteiger partial charge < -0.3 is 18.8 Å². The van der Waals surface area contributed by atoms with Gasteiger partial charge in [-0.05, 0) is 30.3 Å². The summed E-state index contributed by atoms with van der Waals surface area (Å²) in [6.45, 7) is 2.49. The number of carbonyl (C=O) groups is 2. The van der Waals surface area contributed by atoms with Crippen LogP contribution in [0.25, 0.3) is 0 Å². The van der Waals surface area contributed by atoms with Gasteiger partial charge in [-0.2, -0.15) is 0 Å². The number of quaternary nitrogens is 1. The molecule has 1 aromatic heterocycles. The number of amides is 2. The van der Waals surface area contributed by atoms with Crippen molar-refractivity contribution in [3.8, 4) is 11.5 Å². The van der Waals surface area contributed by atoms with Crippen molar-refractivity contribution in [3.05, 3.63) is 47.9 Å². The van der Waals surface area contributed by atoms with E-state index in [1.807, 2.05) is 12.1 Å². The smallest absolute Gasteiger partial charge is 0.305 e. The van der Waals surface area contributed by atoms with Gasteiger partial charge in [-0.3, -0.25) is 20.4 Å². The number of furan rings is 1. The van der Waals surface area contributed by atoms with Gasteiger partial charge in [-0.15, -0.1) is 0 Å². The van der Waals surface area contributed by atoms with E-state index in [0.717, 1.165) is 42.9 Å². The molecule has 148 valence electrons. The van der Waals surface area contributed by atoms with E-state index in [4.69, 9.17) is 13.9 Å². The lowest BCUT2D eigenvalue weighted by atomic mass is 10.0. The molecule has 0 aliphatic carbocycles. The molecule has 28 heavy (non-hydrogen) atoms. The second kappa shape index (κ2) is 8.35. The Labute approximate surface area is 162 Å². The molecule has 0 bridgehead atoms. The minimum atomic E-state index is -0.478. The highest BCUT2D eigenvalue weighted by Gasteiger charge is 2.32. The second-order valence-electron chi connectivity index (χ2n) is 7.02. The van der Waals surface area contributed by atoms with E-state index in [9.17, 15) is 9.59 Å². The summed E-state index contributed by atoms with van der Waals surface area (Å²) in [6, 6.07) is 9.41. The molecular weight excluding hydrogens is 362 g/mol. The monoisotopic (exact) mass is 386 g/mol. The fourth-order valence-electron chi connectivity index (χ4n) is 3.77. The van der Waals surface area contributed by atoms with Gasteiger partial charge in [0.2, 0.25) is 0 Å². The van der Waals surface area contributed by atoms with Crippen molar-refractivity contribution in [1.29, 1.82) is 0 Å². The topological polar surface area (TPSA) is 94.2 Å². The van der Waals surface area contributed by atoms with Crippen molar-refractivity contribution < 1.29 is 28.4 Å². The standard InChI is InChI=1S/C20H23N3O5/c24-19(21-22-20(25)17-5-2-9-27-17)13-23-8-1-4-15(23)14-6-7-16-18(12-14)28-11-3-10-26-16/h2,5-7,9,12,15H,1,3-4,8,10-11,13H2,(H,21,24)(H,22,25)/p+1/t15-/m1/s1. The van der Waals surface area contributed by atoms with E-state index in [-0.39, 0.29) is 24.3 Å². The summed E-state index contributed by atoms with van der Waals surface area (Å²) in [4.78, 5) is 25.3. The number of nitrogens with one attached hydrogen (secondary N) is 3. The minimum Gasteiger partial charge on any atom is -0.490 e. The molecule has 0 spiro atoms. The molecule has 1 saturated heterocycles. The third-order valence-corrected chi connectivity index (χ3v) is 5.11. The molecule has 1 unspecified atom stereocenters. The summed E-state index contributed by atoms with van der Waals surface area (Å²) >= 11 is 0. The second-order valence-corrected chi connectivity index (χ2v) is 7.02. The number of hydrazine groups is 1. The quantitative estimate of drug-likeness (QED) is 0.670. The van der Waals surface area contributed by atoms with Crippen LogP contribution < -0.4 is 25.2 Å². The van der Waals surface area contributed by atoms with Gasteiger partial charge in [0.15, 0.2) is 23.8 Å². The SMILES string of the molecule is O=C(C[NH+]1CCC[C@@H]1c1ccc2c(c1)OCCCO2)NNC(=O)c1ccco1. The maximum absolute atomic E-state index is 12.3. The lowest BCUT2D eigenvalue weighted by Crippen LogP contribution is -3.11. The van der Waals surface area contributed by atoms with E-state index < -0.39 is 5.91 Å². The maximum atomic E-state index is 12.3. The highest BCUT2D eigenvalue weighted by atomic mass is 16.5. The predicted molar refractivity (Wildman–Crippen MR) is 99.0 cm³/mol. The summed E-state index contributed by atoms with van der Waals surface area (Å²) in [5.74, 6) is 0.986. The highest BCUT2D eigenvalue weighted by Crippen LogP contribution is 2.33. The number of hydrogen-bond donors (Lipinski definition) is 3. The molecule has 2 atom stereocenters. The van der Waals surface area contributed by atoms with Crippen LogP contribution in [-0.2, 0) is 4.79 Å². The Morgan fingerprint density at radius 2 is 1.93 bits per heavy atom. The van der Waals surface area contributed by atoms with Gasteiger partial charge in [0, 0.05) is 24.8 Å². The molecule has 0 saturated carbocycles. The van der Waals surface area contributed by atoms with Crippen molar-refractivity contribution in [2.75, 3.05) is 26.3 Å². The third kappa shape index (κ3) is 4.12. The van der Waals surface area contributed by atoms with Crippen LogP contribution in [0.3, 0.4) is 0 Å². The van der Waals surface area contributed by atoms with Crippen molar-refractivity contribution in [3.63, 3.8) is 0 Å². The Bertz CT molecular complexity index is 836. The van der Waals surface area contributed by atoms with Crippen LogP contribution >= 0.6 is 0 Å².